The maximum atomic E-state index is 11.4. The van der Waals surface area contributed by atoms with Crippen molar-refractivity contribution in [3.05, 3.63) is 17.8 Å². The second kappa shape index (κ2) is 7.42. The second-order valence-electron chi connectivity index (χ2n) is 4.64. The minimum atomic E-state index is -0.810. The minimum Gasteiger partial charge on any atom is -0.481 e. The average Bonchev–Trinajstić information content (AvgIpc) is 2.42. The van der Waals surface area contributed by atoms with Crippen LogP contribution in [0.4, 0.5) is 5.82 Å². The van der Waals surface area contributed by atoms with Crippen LogP contribution in [0.25, 0.3) is 0 Å². The molecule has 1 aromatic rings. The van der Waals surface area contributed by atoms with E-state index in [-0.39, 0.29) is 24.1 Å². The molecule has 0 unspecified atom stereocenters. The predicted molar refractivity (Wildman–Crippen MR) is 74.8 cm³/mol. The van der Waals surface area contributed by atoms with E-state index < -0.39 is 5.97 Å². The number of carbonyl (C=O) groups excluding carboxylic acids is 1. The Morgan fingerprint density at radius 1 is 1.35 bits per heavy atom. The van der Waals surface area contributed by atoms with E-state index in [2.05, 4.69) is 15.5 Å². The molecule has 1 aromatic heterocycles. The quantitative estimate of drug-likeness (QED) is 0.771. The Balaban J connectivity index is 2.76. The highest BCUT2D eigenvalue weighted by atomic mass is 16.4. The van der Waals surface area contributed by atoms with Crippen LogP contribution < -0.4 is 10.2 Å². The van der Waals surface area contributed by atoms with E-state index in [1.165, 1.54) is 7.05 Å². The van der Waals surface area contributed by atoms with Crippen LogP contribution >= 0.6 is 0 Å². The Morgan fingerprint density at radius 3 is 2.50 bits per heavy atom. The number of aromatic nitrogens is 2. The van der Waals surface area contributed by atoms with Gasteiger partial charge in [-0.15, -0.1) is 10.2 Å². The number of hydrogen-bond acceptors (Lipinski definition) is 5. The summed E-state index contributed by atoms with van der Waals surface area (Å²) in [5, 5.41) is 19.1. The smallest absolute Gasteiger partial charge is 0.303 e. The van der Waals surface area contributed by atoms with Crippen LogP contribution in [0.2, 0.25) is 0 Å². The molecular formula is C13H20N4O3. The molecule has 0 bridgehead atoms. The first-order chi connectivity index (χ1) is 9.45. The summed E-state index contributed by atoms with van der Waals surface area (Å²) in [6, 6.07) is 3.50. The number of carbonyl (C=O) groups is 2. The van der Waals surface area contributed by atoms with Crippen molar-refractivity contribution in [2.24, 2.45) is 0 Å². The van der Waals surface area contributed by atoms with Crippen LogP contribution in [0.3, 0.4) is 0 Å². The van der Waals surface area contributed by atoms with Gasteiger partial charge in [-0.3, -0.25) is 9.59 Å². The summed E-state index contributed by atoms with van der Waals surface area (Å²) in [6.45, 7) is 4.57. The van der Waals surface area contributed by atoms with Crippen molar-refractivity contribution in [2.75, 3.05) is 18.5 Å². The van der Waals surface area contributed by atoms with Crippen LogP contribution in [0.5, 0.6) is 0 Å². The van der Waals surface area contributed by atoms with E-state index in [9.17, 15) is 9.59 Å². The van der Waals surface area contributed by atoms with Crippen LogP contribution in [0.15, 0.2) is 12.1 Å². The van der Waals surface area contributed by atoms with Gasteiger partial charge in [-0.05, 0) is 32.4 Å². The average molecular weight is 280 g/mol. The summed E-state index contributed by atoms with van der Waals surface area (Å²) in [5.74, 6) is -0.459. The van der Waals surface area contributed by atoms with Gasteiger partial charge in [0.05, 0.1) is 0 Å². The lowest BCUT2D eigenvalue weighted by Crippen LogP contribution is -2.33. The molecule has 20 heavy (non-hydrogen) atoms. The molecule has 110 valence electrons. The van der Waals surface area contributed by atoms with Crippen molar-refractivity contribution in [2.45, 2.75) is 32.7 Å². The topological polar surface area (TPSA) is 95.4 Å². The Morgan fingerprint density at radius 2 is 2.05 bits per heavy atom. The van der Waals surface area contributed by atoms with E-state index in [1.54, 1.807) is 12.1 Å². The lowest BCUT2D eigenvalue weighted by Gasteiger charge is -2.27. The highest BCUT2D eigenvalue weighted by Crippen LogP contribution is 2.14. The molecular weight excluding hydrogens is 260 g/mol. The van der Waals surface area contributed by atoms with Crippen molar-refractivity contribution >= 4 is 17.7 Å². The molecule has 0 aliphatic heterocycles. The summed E-state index contributed by atoms with van der Waals surface area (Å²) < 4.78 is 0. The van der Waals surface area contributed by atoms with Gasteiger partial charge in [0.15, 0.2) is 11.5 Å². The molecule has 0 spiro atoms. The lowest BCUT2D eigenvalue weighted by atomic mass is 10.2. The maximum absolute atomic E-state index is 11.4. The molecule has 0 saturated carbocycles. The predicted octanol–water partition coefficient (Wildman–Crippen LogP) is 0.916. The fourth-order valence-electron chi connectivity index (χ4n) is 1.77. The first-order valence-corrected chi connectivity index (χ1v) is 6.50. The SMILES string of the molecule is CNC(=O)c1ccc(N(CCCC(=O)O)C(C)C)nn1. The normalized spacial score (nSPS) is 10.4. The van der Waals surface area contributed by atoms with Crippen molar-refractivity contribution in [1.82, 2.24) is 15.5 Å². The molecule has 0 fully saturated rings. The fraction of sp³-hybridized carbons (Fsp3) is 0.538. The van der Waals surface area contributed by atoms with E-state index >= 15 is 0 Å². The minimum absolute atomic E-state index is 0.118. The van der Waals surface area contributed by atoms with Gasteiger partial charge in [0.25, 0.3) is 5.91 Å². The molecule has 0 radical (unpaired) electrons. The monoisotopic (exact) mass is 280 g/mol. The van der Waals surface area contributed by atoms with Crippen LogP contribution in [-0.2, 0) is 4.79 Å². The van der Waals surface area contributed by atoms with Crippen molar-refractivity contribution < 1.29 is 14.7 Å². The van der Waals surface area contributed by atoms with E-state index in [0.717, 1.165) is 0 Å². The van der Waals surface area contributed by atoms with Gasteiger partial charge in [0.1, 0.15) is 0 Å². The van der Waals surface area contributed by atoms with Gasteiger partial charge >= 0.3 is 5.97 Å². The van der Waals surface area contributed by atoms with Crippen LogP contribution in [0.1, 0.15) is 37.2 Å². The second-order valence-corrected chi connectivity index (χ2v) is 4.64. The zero-order valence-corrected chi connectivity index (χ0v) is 12.0. The molecule has 0 atom stereocenters. The molecule has 0 aromatic carbocycles. The number of nitrogens with one attached hydrogen (secondary N) is 1. The van der Waals surface area contributed by atoms with Crippen LogP contribution in [0, 0.1) is 0 Å². The van der Waals surface area contributed by atoms with Gasteiger partial charge in [-0.1, -0.05) is 0 Å². The van der Waals surface area contributed by atoms with E-state index in [0.29, 0.717) is 18.8 Å². The standard InChI is InChI=1S/C13H20N4O3/c1-9(2)17(8-4-5-12(18)19)11-7-6-10(15-16-11)13(20)14-3/h6-7,9H,4-5,8H2,1-3H3,(H,14,20)(H,18,19). The highest BCUT2D eigenvalue weighted by molar-refractivity contribution is 5.91. The first-order valence-electron chi connectivity index (χ1n) is 6.50. The third-order valence-electron chi connectivity index (χ3n) is 2.82. The number of amides is 1. The van der Waals surface area contributed by atoms with Crippen molar-refractivity contribution in [3.8, 4) is 0 Å². The Hall–Kier alpha value is -2.18. The number of rotatable bonds is 7. The molecule has 0 saturated heterocycles. The van der Waals surface area contributed by atoms with E-state index in [1.807, 2.05) is 18.7 Å². The van der Waals surface area contributed by atoms with Gasteiger partial charge in [-0.2, -0.15) is 0 Å². The Kier molecular flexibility index (Phi) is 5.89. The zero-order chi connectivity index (χ0) is 15.1. The first kappa shape index (κ1) is 15.9. The lowest BCUT2D eigenvalue weighted by molar-refractivity contribution is -0.137. The molecule has 7 nitrogen and oxygen atoms in total. The van der Waals surface area contributed by atoms with Gasteiger partial charge in [0, 0.05) is 26.1 Å². The molecule has 2 N–H and O–H groups in total. The molecule has 0 aliphatic rings. The van der Waals surface area contributed by atoms with Crippen LogP contribution in [-0.4, -0.2) is 46.8 Å². The highest BCUT2D eigenvalue weighted by Gasteiger charge is 2.14. The number of aliphatic carboxylic acids is 1. The Bertz CT molecular complexity index is 459. The largest absolute Gasteiger partial charge is 0.481 e. The molecule has 1 heterocycles. The van der Waals surface area contributed by atoms with E-state index in [4.69, 9.17) is 5.11 Å². The summed E-state index contributed by atoms with van der Waals surface area (Å²) >= 11 is 0. The maximum Gasteiger partial charge on any atom is 0.303 e. The van der Waals surface area contributed by atoms with Gasteiger partial charge in [-0.25, -0.2) is 0 Å². The number of hydrogen-bond donors (Lipinski definition) is 2. The molecule has 0 aliphatic carbocycles. The zero-order valence-electron chi connectivity index (χ0n) is 12.0. The van der Waals surface area contributed by atoms with Gasteiger partial charge in [0.2, 0.25) is 0 Å². The number of carboxylic acid groups (broad SMARTS) is 1. The van der Waals surface area contributed by atoms with Crippen molar-refractivity contribution in [3.63, 3.8) is 0 Å². The number of anilines is 1. The fourth-order valence-corrected chi connectivity index (χ4v) is 1.77. The third kappa shape index (κ3) is 4.49. The number of carboxylic acids is 1. The third-order valence-corrected chi connectivity index (χ3v) is 2.82. The van der Waals surface area contributed by atoms with Gasteiger partial charge < -0.3 is 15.3 Å². The summed E-state index contributed by atoms with van der Waals surface area (Å²) in [7, 11) is 1.53. The van der Waals surface area contributed by atoms with Crippen molar-refractivity contribution in [1.29, 1.82) is 0 Å². The summed E-state index contributed by atoms with van der Waals surface area (Å²) in [4.78, 5) is 23.9. The molecule has 7 heteroatoms. The summed E-state index contributed by atoms with van der Waals surface area (Å²) in [5.41, 5.74) is 0.255. The Labute approximate surface area is 118 Å². The number of nitrogens with zero attached hydrogens (tertiary/aromatic N) is 3. The molecule has 1 amide bonds. The molecule has 1 rings (SSSR count). The summed E-state index contributed by atoms with van der Waals surface area (Å²) in [6.07, 6.45) is 0.652.